The number of hydrogen-bond acceptors (Lipinski definition) is 2. The van der Waals surface area contributed by atoms with Crippen LogP contribution in [-0.2, 0) is 0 Å². The van der Waals surface area contributed by atoms with Crippen LogP contribution in [0.5, 0.6) is 0 Å². The molecule has 0 radical (unpaired) electrons. The van der Waals surface area contributed by atoms with Crippen molar-refractivity contribution >= 4 is 33.4 Å². The molecule has 0 spiro atoms. The zero-order valence-electron chi connectivity index (χ0n) is 10.2. The SMILES string of the molecule is NC(=O)c1cccc(NC(=O)c2cccc(Br)c2F)c1. The van der Waals surface area contributed by atoms with E-state index in [9.17, 15) is 14.0 Å². The third-order valence-corrected chi connectivity index (χ3v) is 3.21. The number of rotatable bonds is 3. The highest BCUT2D eigenvalue weighted by atomic mass is 79.9. The Morgan fingerprint density at radius 3 is 2.55 bits per heavy atom. The van der Waals surface area contributed by atoms with E-state index in [1.165, 1.54) is 24.3 Å². The van der Waals surface area contributed by atoms with Crippen molar-refractivity contribution in [2.75, 3.05) is 5.32 Å². The molecule has 0 heterocycles. The summed E-state index contributed by atoms with van der Waals surface area (Å²) in [6.07, 6.45) is 0. The monoisotopic (exact) mass is 336 g/mol. The molecule has 0 unspecified atom stereocenters. The van der Waals surface area contributed by atoms with Crippen LogP contribution < -0.4 is 11.1 Å². The lowest BCUT2D eigenvalue weighted by molar-refractivity contribution is 0.0995. The molecule has 0 aliphatic carbocycles. The molecule has 6 heteroatoms. The molecule has 102 valence electrons. The Kier molecular flexibility index (Phi) is 4.14. The van der Waals surface area contributed by atoms with Crippen LogP contribution in [0, 0.1) is 5.82 Å². The van der Waals surface area contributed by atoms with Gasteiger partial charge in [0, 0.05) is 11.3 Å². The van der Waals surface area contributed by atoms with Crippen LogP contribution in [0.1, 0.15) is 20.7 Å². The Morgan fingerprint density at radius 1 is 1.15 bits per heavy atom. The number of nitrogens with one attached hydrogen (secondary N) is 1. The van der Waals surface area contributed by atoms with Crippen LogP contribution in [0.25, 0.3) is 0 Å². The molecule has 2 aromatic carbocycles. The van der Waals surface area contributed by atoms with Crippen LogP contribution in [0.4, 0.5) is 10.1 Å². The minimum Gasteiger partial charge on any atom is -0.366 e. The molecule has 0 saturated carbocycles. The summed E-state index contributed by atoms with van der Waals surface area (Å²) in [7, 11) is 0. The number of carbonyl (C=O) groups is 2. The molecule has 0 aliphatic heterocycles. The summed E-state index contributed by atoms with van der Waals surface area (Å²) >= 11 is 3.01. The maximum absolute atomic E-state index is 13.8. The fraction of sp³-hybridized carbons (Fsp3) is 0. The smallest absolute Gasteiger partial charge is 0.258 e. The minimum atomic E-state index is -0.643. The molecule has 20 heavy (non-hydrogen) atoms. The maximum Gasteiger partial charge on any atom is 0.258 e. The summed E-state index contributed by atoms with van der Waals surface area (Å²) < 4.78 is 14.0. The summed E-state index contributed by atoms with van der Waals surface area (Å²) in [6.45, 7) is 0. The van der Waals surface area contributed by atoms with E-state index in [0.29, 0.717) is 5.69 Å². The highest BCUT2D eigenvalue weighted by Crippen LogP contribution is 2.20. The van der Waals surface area contributed by atoms with Gasteiger partial charge >= 0.3 is 0 Å². The van der Waals surface area contributed by atoms with Gasteiger partial charge < -0.3 is 11.1 Å². The molecule has 2 aromatic rings. The molecular weight excluding hydrogens is 327 g/mol. The van der Waals surface area contributed by atoms with Gasteiger partial charge in [-0.25, -0.2) is 4.39 Å². The van der Waals surface area contributed by atoms with Gasteiger partial charge in [-0.1, -0.05) is 12.1 Å². The standard InChI is InChI=1S/C14H10BrFN2O2/c15-11-6-2-5-10(12(11)16)14(20)18-9-4-1-3-8(7-9)13(17)19/h1-7H,(H2,17,19)(H,18,20). The largest absolute Gasteiger partial charge is 0.366 e. The van der Waals surface area contributed by atoms with Crippen molar-refractivity contribution in [2.45, 2.75) is 0 Å². The zero-order chi connectivity index (χ0) is 14.7. The molecule has 3 N–H and O–H groups in total. The van der Waals surface area contributed by atoms with Crippen LogP contribution >= 0.6 is 15.9 Å². The van der Waals surface area contributed by atoms with Crippen molar-refractivity contribution in [3.8, 4) is 0 Å². The number of nitrogens with two attached hydrogens (primary N) is 1. The first-order valence-electron chi connectivity index (χ1n) is 5.64. The highest BCUT2D eigenvalue weighted by Gasteiger charge is 2.14. The van der Waals surface area contributed by atoms with E-state index in [0.717, 1.165) is 0 Å². The van der Waals surface area contributed by atoms with E-state index in [-0.39, 0.29) is 15.6 Å². The predicted molar refractivity (Wildman–Crippen MR) is 77.0 cm³/mol. The maximum atomic E-state index is 13.8. The van der Waals surface area contributed by atoms with Crippen LogP contribution in [0.3, 0.4) is 0 Å². The normalized spacial score (nSPS) is 10.1. The van der Waals surface area contributed by atoms with Gasteiger partial charge in [-0.2, -0.15) is 0 Å². The molecule has 0 aromatic heterocycles. The number of halogens is 2. The third kappa shape index (κ3) is 3.03. The van der Waals surface area contributed by atoms with Crippen LogP contribution in [0.15, 0.2) is 46.9 Å². The third-order valence-electron chi connectivity index (χ3n) is 2.60. The van der Waals surface area contributed by atoms with Crippen molar-refractivity contribution in [1.82, 2.24) is 0 Å². The molecule has 2 amide bonds. The predicted octanol–water partition coefficient (Wildman–Crippen LogP) is 2.94. The molecule has 4 nitrogen and oxygen atoms in total. The second kappa shape index (κ2) is 5.83. The zero-order valence-corrected chi connectivity index (χ0v) is 11.8. The van der Waals surface area contributed by atoms with E-state index in [2.05, 4.69) is 21.2 Å². The van der Waals surface area contributed by atoms with Gasteiger partial charge in [0.15, 0.2) is 0 Å². The summed E-state index contributed by atoms with van der Waals surface area (Å²) in [6, 6.07) is 10.5. The van der Waals surface area contributed by atoms with Gasteiger partial charge in [0.2, 0.25) is 5.91 Å². The first-order chi connectivity index (χ1) is 9.49. The number of amides is 2. The molecule has 0 aliphatic rings. The van der Waals surface area contributed by atoms with Gasteiger partial charge in [-0.3, -0.25) is 9.59 Å². The molecule has 0 bridgehead atoms. The van der Waals surface area contributed by atoms with Crippen LogP contribution in [-0.4, -0.2) is 11.8 Å². The lowest BCUT2D eigenvalue weighted by Gasteiger charge is -2.07. The lowest BCUT2D eigenvalue weighted by Crippen LogP contribution is -2.15. The molecule has 0 saturated heterocycles. The Balaban J connectivity index is 2.26. The molecule has 0 atom stereocenters. The summed E-state index contributed by atoms with van der Waals surface area (Å²) in [4.78, 5) is 23.0. The van der Waals surface area contributed by atoms with Crippen molar-refractivity contribution in [1.29, 1.82) is 0 Å². The van der Waals surface area contributed by atoms with Gasteiger partial charge in [0.25, 0.3) is 5.91 Å². The van der Waals surface area contributed by atoms with Gasteiger partial charge in [-0.05, 0) is 46.3 Å². The topological polar surface area (TPSA) is 72.2 Å². The van der Waals surface area contributed by atoms with Crippen LogP contribution in [0.2, 0.25) is 0 Å². The van der Waals surface area contributed by atoms with Gasteiger partial charge in [0.1, 0.15) is 5.82 Å². The van der Waals surface area contributed by atoms with Gasteiger partial charge in [0.05, 0.1) is 10.0 Å². The van der Waals surface area contributed by atoms with E-state index >= 15 is 0 Å². The molecule has 0 fully saturated rings. The summed E-state index contributed by atoms with van der Waals surface area (Å²) in [5, 5.41) is 2.51. The number of hydrogen-bond donors (Lipinski definition) is 2. The second-order valence-electron chi connectivity index (χ2n) is 4.00. The first-order valence-corrected chi connectivity index (χ1v) is 6.43. The van der Waals surface area contributed by atoms with E-state index in [1.807, 2.05) is 0 Å². The lowest BCUT2D eigenvalue weighted by atomic mass is 10.1. The number of benzene rings is 2. The Bertz CT molecular complexity index is 689. The van der Waals surface area contributed by atoms with Crippen molar-refractivity contribution in [3.63, 3.8) is 0 Å². The van der Waals surface area contributed by atoms with E-state index in [1.54, 1.807) is 18.2 Å². The fourth-order valence-corrected chi connectivity index (χ4v) is 1.99. The summed E-state index contributed by atoms with van der Waals surface area (Å²) in [5.74, 6) is -1.85. The average Bonchev–Trinajstić information content (AvgIpc) is 2.42. The number of anilines is 1. The minimum absolute atomic E-state index is 0.0937. The highest BCUT2D eigenvalue weighted by molar-refractivity contribution is 9.10. The first kappa shape index (κ1) is 14.2. The second-order valence-corrected chi connectivity index (χ2v) is 4.85. The fourth-order valence-electron chi connectivity index (χ4n) is 1.63. The molecule has 2 rings (SSSR count). The number of carbonyl (C=O) groups excluding carboxylic acids is 2. The Labute approximate surface area is 122 Å². The van der Waals surface area contributed by atoms with Gasteiger partial charge in [-0.15, -0.1) is 0 Å². The van der Waals surface area contributed by atoms with E-state index in [4.69, 9.17) is 5.73 Å². The summed E-state index contributed by atoms with van der Waals surface area (Å²) in [5.41, 5.74) is 5.69. The quantitative estimate of drug-likeness (QED) is 0.904. The number of primary amides is 1. The Hall–Kier alpha value is -2.21. The van der Waals surface area contributed by atoms with Crippen molar-refractivity contribution in [2.24, 2.45) is 5.73 Å². The Morgan fingerprint density at radius 2 is 1.85 bits per heavy atom. The average molecular weight is 337 g/mol. The van der Waals surface area contributed by atoms with E-state index < -0.39 is 17.6 Å². The van der Waals surface area contributed by atoms with Crippen molar-refractivity contribution in [3.05, 3.63) is 63.9 Å². The van der Waals surface area contributed by atoms with Crippen molar-refractivity contribution < 1.29 is 14.0 Å². The molecular formula is C14H10BrFN2O2.